The Morgan fingerprint density at radius 3 is 2.02 bits per heavy atom. The van der Waals surface area contributed by atoms with Crippen LogP contribution in [0.3, 0.4) is 0 Å². The lowest BCUT2D eigenvalue weighted by atomic mass is 9.89. The van der Waals surface area contributed by atoms with Gasteiger partial charge < -0.3 is 10.6 Å². The Labute approximate surface area is 259 Å². The lowest BCUT2D eigenvalue weighted by Gasteiger charge is -2.36. The summed E-state index contributed by atoms with van der Waals surface area (Å²) in [6, 6.07) is 31.8. The lowest BCUT2D eigenvalue weighted by molar-refractivity contribution is 0.0895. The fourth-order valence-corrected chi connectivity index (χ4v) is 6.82. The van der Waals surface area contributed by atoms with Gasteiger partial charge in [-0.05, 0) is 102 Å². The van der Waals surface area contributed by atoms with Gasteiger partial charge in [0.2, 0.25) is 10.0 Å². The number of carbonyl (C=O) groups is 1. The minimum Gasteiger partial charge on any atom is -0.388 e. The van der Waals surface area contributed by atoms with Crippen molar-refractivity contribution >= 4 is 27.7 Å². The number of hydrogen-bond acceptors (Lipinski definition) is 5. The van der Waals surface area contributed by atoms with E-state index in [1.54, 1.807) is 12.1 Å². The lowest BCUT2D eigenvalue weighted by Crippen LogP contribution is -2.55. The van der Waals surface area contributed by atoms with Crippen LogP contribution in [0, 0.1) is 25.2 Å². The highest BCUT2D eigenvalue weighted by molar-refractivity contribution is 7.92. The molecule has 1 aliphatic rings. The van der Waals surface area contributed by atoms with E-state index < -0.39 is 15.6 Å². The molecule has 1 heterocycles. The molecule has 224 valence electrons. The van der Waals surface area contributed by atoms with Crippen LogP contribution in [-0.2, 0) is 10.0 Å². The number of anilines is 1. The van der Waals surface area contributed by atoms with Gasteiger partial charge in [0.15, 0.2) is 0 Å². The molecule has 5 rings (SSSR count). The van der Waals surface area contributed by atoms with Crippen molar-refractivity contribution in [3.05, 3.63) is 119 Å². The van der Waals surface area contributed by atoms with Crippen molar-refractivity contribution in [3.63, 3.8) is 0 Å². The van der Waals surface area contributed by atoms with Crippen LogP contribution in [0.4, 0.5) is 5.69 Å². The smallest absolute Gasteiger partial charge is 0.252 e. The number of rotatable bonds is 8. The predicted octanol–water partition coefficient (Wildman–Crippen LogP) is 6.77. The van der Waals surface area contributed by atoms with Gasteiger partial charge in [-0.2, -0.15) is 9.57 Å². The van der Waals surface area contributed by atoms with Crippen LogP contribution in [0.2, 0.25) is 0 Å². The van der Waals surface area contributed by atoms with Gasteiger partial charge in [-0.1, -0.05) is 60.7 Å². The van der Waals surface area contributed by atoms with Crippen molar-refractivity contribution in [2.75, 3.05) is 25.5 Å². The standard InChI is InChI=1S/C36H36N4O3S/c1-26-21-33(38-3)22-27(2)34(26)15-20-44(42,43)40-18-16-36(25-37,17-19-40)39-35(41)32-14-8-13-31(24-32)30-12-7-11-29(23-30)28-9-5-4-6-10-28/h4-15,20-24,38H,16-19H2,1-3H3,(H,39,41). The third-order valence-electron chi connectivity index (χ3n) is 8.22. The molecule has 4 aromatic rings. The van der Waals surface area contributed by atoms with Gasteiger partial charge in [0.05, 0.1) is 6.07 Å². The molecule has 0 aromatic heterocycles. The molecule has 4 aromatic carbocycles. The summed E-state index contributed by atoms with van der Waals surface area (Å²) in [5, 5.41) is 17.4. The quantitative estimate of drug-likeness (QED) is 0.231. The van der Waals surface area contributed by atoms with Gasteiger partial charge in [-0.25, -0.2) is 8.42 Å². The van der Waals surface area contributed by atoms with E-state index in [4.69, 9.17) is 0 Å². The van der Waals surface area contributed by atoms with Crippen molar-refractivity contribution in [2.24, 2.45) is 0 Å². The van der Waals surface area contributed by atoms with Crippen molar-refractivity contribution in [1.29, 1.82) is 5.26 Å². The van der Waals surface area contributed by atoms with Gasteiger partial charge in [-0.15, -0.1) is 0 Å². The Bertz CT molecular complexity index is 1830. The molecule has 1 saturated heterocycles. The highest BCUT2D eigenvalue weighted by Crippen LogP contribution is 2.29. The summed E-state index contributed by atoms with van der Waals surface area (Å²) in [6.45, 7) is 4.15. The Morgan fingerprint density at radius 2 is 1.41 bits per heavy atom. The van der Waals surface area contributed by atoms with Crippen LogP contribution in [0.5, 0.6) is 0 Å². The van der Waals surface area contributed by atoms with Crippen molar-refractivity contribution in [1.82, 2.24) is 9.62 Å². The molecule has 0 spiro atoms. The first-order chi connectivity index (χ1) is 21.1. The van der Waals surface area contributed by atoms with E-state index in [0.717, 1.165) is 44.6 Å². The molecule has 1 aliphatic heterocycles. The SMILES string of the molecule is CNc1cc(C)c(C=CS(=O)(=O)N2CCC(C#N)(NC(=O)c3cccc(-c4cccc(-c5ccccc5)c4)c3)CC2)c(C)c1. The minimum atomic E-state index is -3.71. The number of piperidine rings is 1. The van der Waals surface area contributed by atoms with Crippen molar-refractivity contribution in [3.8, 4) is 28.3 Å². The van der Waals surface area contributed by atoms with Gasteiger partial charge in [-0.3, -0.25) is 4.79 Å². The first kappa shape index (κ1) is 30.7. The summed E-state index contributed by atoms with van der Waals surface area (Å²) >= 11 is 0. The summed E-state index contributed by atoms with van der Waals surface area (Å²) in [4.78, 5) is 13.4. The molecule has 0 bridgehead atoms. The van der Waals surface area contributed by atoms with Crippen LogP contribution in [0.1, 0.15) is 39.9 Å². The number of benzene rings is 4. The van der Waals surface area contributed by atoms with Crippen molar-refractivity contribution in [2.45, 2.75) is 32.2 Å². The van der Waals surface area contributed by atoms with E-state index in [1.807, 2.05) is 81.6 Å². The second kappa shape index (κ2) is 12.9. The van der Waals surface area contributed by atoms with E-state index in [2.05, 4.69) is 41.0 Å². The monoisotopic (exact) mass is 604 g/mol. The first-order valence-corrected chi connectivity index (χ1v) is 16.1. The Balaban J connectivity index is 1.27. The molecule has 0 radical (unpaired) electrons. The third-order valence-corrected chi connectivity index (χ3v) is 9.78. The van der Waals surface area contributed by atoms with E-state index in [9.17, 15) is 18.5 Å². The zero-order chi connectivity index (χ0) is 31.3. The molecule has 2 N–H and O–H groups in total. The second-order valence-corrected chi connectivity index (χ2v) is 13.0. The van der Waals surface area contributed by atoms with Crippen LogP contribution >= 0.6 is 0 Å². The maximum atomic E-state index is 13.4. The third kappa shape index (κ3) is 6.75. The van der Waals surface area contributed by atoms with Crippen LogP contribution in [0.25, 0.3) is 28.3 Å². The maximum Gasteiger partial charge on any atom is 0.252 e. The minimum absolute atomic E-state index is 0.128. The zero-order valence-electron chi connectivity index (χ0n) is 25.2. The number of nitrogens with zero attached hydrogens (tertiary/aromatic N) is 2. The fourth-order valence-electron chi connectivity index (χ4n) is 5.65. The number of hydrogen-bond donors (Lipinski definition) is 2. The number of amides is 1. The van der Waals surface area contributed by atoms with E-state index in [-0.39, 0.29) is 31.8 Å². The Kier molecular flexibility index (Phi) is 9.00. The Morgan fingerprint density at radius 1 is 0.841 bits per heavy atom. The topological polar surface area (TPSA) is 102 Å². The van der Waals surface area contributed by atoms with Gasteiger partial charge in [0.1, 0.15) is 5.54 Å². The number of carbonyl (C=O) groups excluding carboxylic acids is 1. The summed E-state index contributed by atoms with van der Waals surface area (Å²) in [5.74, 6) is -0.361. The molecule has 0 atom stereocenters. The van der Waals surface area contributed by atoms with Crippen LogP contribution < -0.4 is 10.6 Å². The van der Waals surface area contributed by atoms with Gasteiger partial charge in [0.25, 0.3) is 5.91 Å². The molecule has 0 saturated carbocycles. The summed E-state index contributed by atoms with van der Waals surface area (Å²) in [6.07, 6.45) is 2.02. The predicted molar refractivity (Wildman–Crippen MR) is 177 cm³/mol. The van der Waals surface area contributed by atoms with Crippen LogP contribution in [-0.4, -0.2) is 44.3 Å². The normalized spacial score (nSPS) is 15.0. The van der Waals surface area contributed by atoms with E-state index >= 15 is 0 Å². The molecular weight excluding hydrogens is 568 g/mol. The van der Waals surface area contributed by atoms with Gasteiger partial charge >= 0.3 is 0 Å². The molecule has 0 unspecified atom stereocenters. The molecule has 1 amide bonds. The van der Waals surface area contributed by atoms with Crippen LogP contribution in [0.15, 0.2) is 96.4 Å². The zero-order valence-corrected chi connectivity index (χ0v) is 26.0. The molecular formula is C36H36N4O3S. The van der Waals surface area contributed by atoms with E-state index in [1.165, 1.54) is 9.71 Å². The highest BCUT2D eigenvalue weighted by Gasteiger charge is 2.39. The van der Waals surface area contributed by atoms with Crippen molar-refractivity contribution < 1.29 is 13.2 Å². The molecule has 1 fully saturated rings. The molecule has 0 aliphatic carbocycles. The number of nitrogens with one attached hydrogen (secondary N) is 2. The average Bonchev–Trinajstić information content (AvgIpc) is 3.05. The molecule has 8 heteroatoms. The number of aryl methyl sites for hydroxylation is 2. The van der Waals surface area contributed by atoms with Gasteiger partial charge in [0, 0.05) is 36.8 Å². The largest absolute Gasteiger partial charge is 0.388 e. The summed E-state index contributed by atoms with van der Waals surface area (Å²) in [5.41, 5.74) is 7.10. The number of nitriles is 1. The molecule has 44 heavy (non-hydrogen) atoms. The Hall–Kier alpha value is -4.71. The van der Waals surface area contributed by atoms with E-state index in [0.29, 0.717) is 5.56 Å². The number of sulfonamides is 1. The summed E-state index contributed by atoms with van der Waals surface area (Å²) < 4.78 is 27.8. The average molecular weight is 605 g/mol. The maximum absolute atomic E-state index is 13.4. The fraction of sp³-hybridized carbons (Fsp3) is 0.222. The molecule has 7 nitrogen and oxygen atoms in total. The second-order valence-electron chi connectivity index (χ2n) is 11.2. The summed E-state index contributed by atoms with van der Waals surface area (Å²) in [7, 11) is -1.87. The highest BCUT2D eigenvalue weighted by atomic mass is 32.2. The first-order valence-electron chi connectivity index (χ1n) is 14.6.